The molecule has 1 fully saturated rings. The molecule has 0 radical (unpaired) electrons. The molecule has 0 bridgehead atoms. The average molecular weight is 697 g/mol. The van der Waals surface area contributed by atoms with Crippen molar-refractivity contribution in [2.24, 2.45) is 0 Å². The largest absolute Gasteiger partial charge is 0.490 e. The molecule has 1 aliphatic rings. The lowest BCUT2D eigenvalue weighted by molar-refractivity contribution is -1.92. The second kappa shape index (κ2) is 10.3. The number of phosphoric acid groups is 3. The van der Waals surface area contributed by atoms with E-state index in [1.165, 1.54) is 0 Å². The number of aromatic amines is 1. The Morgan fingerprint density at radius 1 is 1.17 bits per heavy atom. The van der Waals surface area contributed by atoms with Gasteiger partial charge in [0.2, 0.25) is 12.1 Å². The standard InChI is InChI=1S/C10H15IN5O17P3/c12-10-14-7-4(8(18)15-10)13-2-16(7)9-5(17)6(31-11(19,20)21)3(30-9)1-29-35(25,26)33-36(27,28)32-34(22,23)24/h2-3,5-6,9,17H,1H2,(H,25,26)(H,27,28)(H2,22,23,24)(H3,12,14,15,18)/t3-,5-,6-,9-/m1/s1. The molecule has 0 saturated carbocycles. The summed E-state index contributed by atoms with van der Waals surface area (Å²) >= 11 is -6.60. The topological polar surface area (TPSA) is 357 Å². The van der Waals surface area contributed by atoms with Gasteiger partial charge in [0.05, 0.1) is 12.9 Å². The van der Waals surface area contributed by atoms with Crippen molar-refractivity contribution in [1.29, 1.82) is 0 Å². The molecule has 3 heterocycles. The fraction of sp³-hybridized carbons (Fsp3) is 0.500. The molecule has 0 aromatic carbocycles. The van der Waals surface area contributed by atoms with Gasteiger partial charge in [-0.3, -0.25) is 29.2 Å². The number of fused-ring (bicyclic) bond motifs is 1. The molecule has 204 valence electrons. The molecule has 3 rings (SSSR count). The third-order valence-electron chi connectivity index (χ3n) is 4.06. The molecule has 2 aromatic rings. The molecule has 0 spiro atoms. The van der Waals surface area contributed by atoms with Gasteiger partial charge in [-0.15, -0.1) is 0 Å². The number of halogens is 1. The number of nitrogens with zero attached hydrogens (tertiary/aromatic N) is 3. The highest BCUT2D eigenvalue weighted by atomic mass is 127. The van der Waals surface area contributed by atoms with Gasteiger partial charge in [-0.05, 0) is 0 Å². The van der Waals surface area contributed by atoms with E-state index in [0.717, 1.165) is 10.9 Å². The van der Waals surface area contributed by atoms with Gasteiger partial charge < -0.3 is 35.2 Å². The number of ether oxygens (including phenoxy) is 1. The Morgan fingerprint density at radius 3 is 2.39 bits per heavy atom. The van der Waals surface area contributed by atoms with E-state index in [0.29, 0.717) is 0 Å². The van der Waals surface area contributed by atoms with Crippen LogP contribution in [-0.4, -0.2) is 69.1 Å². The number of hydrogen-bond acceptors (Lipinski definition) is 16. The van der Waals surface area contributed by atoms with Gasteiger partial charge in [0, 0.05) is 3.07 Å². The van der Waals surface area contributed by atoms with Crippen molar-refractivity contribution >= 4 is 40.6 Å². The third kappa shape index (κ3) is 7.55. The lowest BCUT2D eigenvalue weighted by Gasteiger charge is -2.19. The fourth-order valence-electron chi connectivity index (χ4n) is 2.92. The van der Waals surface area contributed by atoms with Gasteiger partial charge >= 0.3 is 43.6 Å². The molecule has 8 N–H and O–H groups in total. The van der Waals surface area contributed by atoms with Gasteiger partial charge in [-0.1, -0.05) is 0 Å². The first-order valence-corrected chi connectivity index (χ1v) is 16.7. The lowest BCUT2D eigenvalue weighted by atomic mass is 10.1. The van der Waals surface area contributed by atoms with Crippen LogP contribution in [0.4, 0.5) is 5.95 Å². The van der Waals surface area contributed by atoms with E-state index < -0.39 is 80.3 Å². The SMILES string of the molecule is Nc1nc2c(ncn2[C@@H]2O[C@H](COP(=O)(O)OP(=O)(O)OP(=O)(O)O)[C@@H](O[I+3]([O-])([O-])[O-])[C@H]2O)c(=O)[nH]1. The van der Waals surface area contributed by atoms with Gasteiger partial charge in [-0.2, -0.15) is 13.6 Å². The van der Waals surface area contributed by atoms with E-state index in [4.69, 9.17) is 20.3 Å². The van der Waals surface area contributed by atoms with Crippen LogP contribution < -0.4 is 41.7 Å². The molecule has 1 saturated heterocycles. The highest BCUT2D eigenvalue weighted by Gasteiger charge is 2.55. The van der Waals surface area contributed by atoms with E-state index in [9.17, 15) is 43.7 Å². The number of imidazole rings is 1. The molecule has 22 nitrogen and oxygen atoms in total. The van der Waals surface area contributed by atoms with Crippen molar-refractivity contribution in [1.82, 2.24) is 19.5 Å². The maximum Gasteiger partial charge on any atom is 0.490 e. The first-order chi connectivity index (χ1) is 16.3. The molecule has 1 aliphatic heterocycles. The number of phosphoric ester groups is 1. The number of H-pyrrole nitrogens is 1. The Labute approximate surface area is 203 Å². The Kier molecular flexibility index (Phi) is 8.48. The maximum absolute atomic E-state index is 11.9. The van der Waals surface area contributed by atoms with Crippen LogP contribution in [0.15, 0.2) is 11.1 Å². The number of anilines is 1. The number of aliphatic hydroxyl groups excluding tert-OH is 1. The maximum atomic E-state index is 11.9. The number of aliphatic hydroxyl groups is 1. The Balaban J connectivity index is 1.85. The number of nitrogens with two attached hydrogens (primary N) is 1. The zero-order valence-corrected chi connectivity index (χ0v) is 21.7. The van der Waals surface area contributed by atoms with E-state index in [-0.39, 0.29) is 17.1 Å². The quantitative estimate of drug-likeness (QED) is 0.0895. The number of nitrogen functional groups attached to an aromatic ring is 1. The van der Waals surface area contributed by atoms with Crippen molar-refractivity contribution < 1.29 is 89.7 Å². The van der Waals surface area contributed by atoms with E-state index in [2.05, 4.69) is 31.2 Å². The van der Waals surface area contributed by atoms with E-state index in [1.54, 1.807) is 0 Å². The van der Waals surface area contributed by atoms with Crippen molar-refractivity contribution in [3.63, 3.8) is 0 Å². The van der Waals surface area contributed by atoms with Crippen molar-refractivity contribution in [2.45, 2.75) is 24.5 Å². The van der Waals surface area contributed by atoms with E-state index >= 15 is 0 Å². The highest BCUT2D eigenvalue weighted by Crippen LogP contribution is 2.66. The summed E-state index contributed by atoms with van der Waals surface area (Å²) in [5, 5.41) is 10.6. The summed E-state index contributed by atoms with van der Waals surface area (Å²) in [6.45, 7) is -1.28. The zero-order valence-electron chi connectivity index (χ0n) is 16.9. The Morgan fingerprint density at radius 2 is 1.81 bits per heavy atom. The van der Waals surface area contributed by atoms with Crippen LogP contribution in [0.1, 0.15) is 6.23 Å². The van der Waals surface area contributed by atoms with Gasteiger partial charge in [-0.25, -0.2) is 18.7 Å². The first-order valence-electron chi connectivity index (χ1n) is 8.70. The van der Waals surface area contributed by atoms with Crippen molar-refractivity contribution in [2.75, 3.05) is 12.3 Å². The molecular formula is C10H15IN5O17P3. The average Bonchev–Trinajstić information content (AvgIpc) is 3.18. The smallest absolute Gasteiger partial charge is 0.385 e. The Bertz CT molecular complexity index is 1320. The molecule has 36 heavy (non-hydrogen) atoms. The van der Waals surface area contributed by atoms with Gasteiger partial charge in [0.1, 0.15) is 12.2 Å². The number of aromatic nitrogens is 4. The van der Waals surface area contributed by atoms with Crippen molar-refractivity contribution in [3.8, 4) is 0 Å². The zero-order chi connectivity index (χ0) is 27.3. The minimum absolute atomic E-state index is 0.272. The molecule has 2 unspecified atom stereocenters. The normalized spacial score (nSPS) is 26.7. The minimum Gasteiger partial charge on any atom is -0.385 e. The molecule has 26 heteroatoms. The third-order valence-corrected chi connectivity index (χ3v) is 9.08. The second-order valence-electron chi connectivity index (χ2n) is 6.65. The van der Waals surface area contributed by atoms with Crippen LogP contribution in [0.5, 0.6) is 0 Å². The summed E-state index contributed by atoms with van der Waals surface area (Å²) in [5.41, 5.74) is 4.10. The van der Waals surface area contributed by atoms with Crippen LogP contribution in [0.2, 0.25) is 0 Å². The van der Waals surface area contributed by atoms with Gasteiger partial charge in [0.15, 0.2) is 17.4 Å². The second-order valence-corrected chi connectivity index (χ2v) is 13.7. The summed E-state index contributed by atoms with van der Waals surface area (Å²) in [4.78, 5) is 57.4. The van der Waals surface area contributed by atoms with E-state index in [1.807, 2.05) is 0 Å². The summed E-state index contributed by atoms with van der Waals surface area (Å²) < 4.78 is 89.6. The highest BCUT2D eigenvalue weighted by molar-refractivity contribution is 7.66. The number of hydrogen-bond donors (Lipinski definition) is 7. The number of rotatable bonds is 10. The van der Waals surface area contributed by atoms with Crippen LogP contribution in [0, 0.1) is 0 Å². The summed E-state index contributed by atoms with van der Waals surface area (Å²) in [7, 11) is -17.2. The molecule has 2 aromatic heterocycles. The molecule has 0 aliphatic carbocycles. The van der Waals surface area contributed by atoms with Crippen LogP contribution >= 0.6 is 23.5 Å². The van der Waals surface area contributed by atoms with Crippen LogP contribution in [0.25, 0.3) is 11.2 Å². The fourth-order valence-corrected chi connectivity index (χ4v) is 7.30. The van der Waals surface area contributed by atoms with Gasteiger partial charge in [0.25, 0.3) is 5.56 Å². The summed E-state index contributed by atoms with van der Waals surface area (Å²) in [5.74, 6) is -0.383. The predicted molar refractivity (Wildman–Crippen MR) is 97.2 cm³/mol. The van der Waals surface area contributed by atoms with Crippen LogP contribution in [-0.2, 0) is 34.6 Å². The first kappa shape index (κ1) is 29.6. The molecule has 0 amide bonds. The lowest BCUT2D eigenvalue weighted by Crippen LogP contribution is -4.24. The number of nitrogens with one attached hydrogen (secondary N) is 1. The Hall–Kier alpha value is -0.950. The molecular weight excluding hydrogens is 682 g/mol. The monoisotopic (exact) mass is 697 g/mol. The minimum atomic E-state index is -6.60. The predicted octanol–water partition coefficient (Wildman–Crippen LogP) is -8.41. The summed E-state index contributed by atoms with van der Waals surface area (Å²) in [6, 6.07) is 0. The molecule has 6 atom stereocenters. The summed E-state index contributed by atoms with van der Waals surface area (Å²) in [6.07, 6.45) is -6.80. The van der Waals surface area contributed by atoms with Crippen LogP contribution in [0.3, 0.4) is 0 Å². The van der Waals surface area contributed by atoms with Crippen molar-refractivity contribution in [3.05, 3.63) is 16.7 Å².